The molecule has 5 heteroatoms. The van der Waals surface area contributed by atoms with Gasteiger partial charge in [-0.1, -0.05) is 48.5 Å². The van der Waals surface area contributed by atoms with E-state index in [4.69, 9.17) is 15.2 Å². The molecule has 185 valence electrons. The number of primary amides is 1. The molecule has 38 heavy (non-hydrogen) atoms. The molecule has 0 fully saturated rings. The highest BCUT2D eigenvalue weighted by Crippen LogP contribution is 2.35. The zero-order chi connectivity index (χ0) is 26.1. The van der Waals surface area contributed by atoms with Crippen LogP contribution in [0.3, 0.4) is 0 Å². The van der Waals surface area contributed by atoms with E-state index in [1.807, 2.05) is 84.9 Å². The average Bonchev–Trinajstić information content (AvgIpc) is 3.27. The summed E-state index contributed by atoms with van der Waals surface area (Å²) >= 11 is 0. The van der Waals surface area contributed by atoms with Crippen LogP contribution in [0.5, 0.6) is 17.2 Å². The Morgan fingerprint density at radius 1 is 0.789 bits per heavy atom. The predicted octanol–water partition coefficient (Wildman–Crippen LogP) is 7.21. The van der Waals surface area contributed by atoms with E-state index in [1.54, 1.807) is 13.2 Å². The Labute approximate surface area is 220 Å². The van der Waals surface area contributed by atoms with Gasteiger partial charge < -0.3 is 19.8 Å². The van der Waals surface area contributed by atoms with Gasteiger partial charge in [-0.25, -0.2) is 0 Å². The zero-order valence-corrected chi connectivity index (χ0v) is 20.8. The molecule has 1 heterocycles. The molecule has 0 aliphatic carbocycles. The van der Waals surface area contributed by atoms with Crippen molar-refractivity contribution < 1.29 is 14.3 Å². The fraction of sp³-hybridized carbons (Fsp3) is 0.0606. The van der Waals surface area contributed by atoms with Crippen molar-refractivity contribution in [2.45, 2.75) is 6.54 Å². The summed E-state index contributed by atoms with van der Waals surface area (Å²) in [6.07, 6.45) is 0. The van der Waals surface area contributed by atoms with E-state index < -0.39 is 5.91 Å². The molecule has 0 saturated heterocycles. The maximum atomic E-state index is 12.3. The standard InChI is InChI=1S/C33H25N2O3/c1-37-25-17-12-23(13-18-25)24-14-19-28-31(20-24)35(30-9-5-8-29(32(28)30)33(34)36)21-22-10-15-27(16-11-22)38-26-6-3-2-4-7-26/h2-18,20H,21H2,1H3,(H2,34,36). The molecule has 2 N–H and O–H groups in total. The minimum atomic E-state index is -0.454. The van der Waals surface area contributed by atoms with Crippen LogP contribution in [0.4, 0.5) is 0 Å². The maximum absolute atomic E-state index is 12.3. The lowest BCUT2D eigenvalue weighted by molar-refractivity contribution is 0.100. The summed E-state index contributed by atoms with van der Waals surface area (Å²) < 4.78 is 13.5. The summed E-state index contributed by atoms with van der Waals surface area (Å²) in [5.41, 5.74) is 11.4. The number of para-hydroxylation sites is 1. The van der Waals surface area contributed by atoms with Crippen molar-refractivity contribution in [1.29, 1.82) is 0 Å². The molecule has 0 atom stereocenters. The molecule has 6 aromatic rings. The number of aromatic nitrogens is 1. The first-order valence-corrected chi connectivity index (χ1v) is 12.3. The quantitative estimate of drug-likeness (QED) is 0.253. The van der Waals surface area contributed by atoms with Crippen LogP contribution in [0, 0.1) is 6.07 Å². The van der Waals surface area contributed by atoms with Crippen molar-refractivity contribution in [3.05, 3.63) is 126 Å². The average molecular weight is 498 g/mol. The van der Waals surface area contributed by atoms with E-state index in [1.165, 1.54) is 0 Å². The minimum absolute atomic E-state index is 0.454. The Hall–Kier alpha value is -5.03. The summed E-state index contributed by atoms with van der Waals surface area (Å²) in [5, 5.41) is 1.69. The molecule has 1 amide bonds. The number of nitrogens with two attached hydrogens (primary N) is 1. The number of benzene rings is 5. The molecule has 0 aliphatic rings. The third kappa shape index (κ3) is 4.35. The largest absolute Gasteiger partial charge is 0.497 e. The lowest BCUT2D eigenvalue weighted by Crippen LogP contribution is -2.11. The predicted molar refractivity (Wildman–Crippen MR) is 151 cm³/mol. The minimum Gasteiger partial charge on any atom is -0.497 e. The molecule has 1 radical (unpaired) electrons. The zero-order valence-electron chi connectivity index (χ0n) is 20.8. The normalized spacial score (nSPS) is 11.1. The summed E-state index contributed by atoms with van der Waals surface area (Å²) in [7, 11) is 1.66. The van der Waals surface area contributed by atoms with Gasteiger partial charge in [-0.3, -0.25) is 4.79 Å². The van der Waals surface area contributed by atoms with Gasteiger partial charge in [0.1, 0.15) is 17.2 Å². The number of carbonyl (C=O) groups excluding carboxylic acids is 1. The smallest absolute Gasteiger partial charge is 0.249 e. The number of hydrogen-bond donors (Lipinski definition) is 1. The van der Waals surface area contributed by atoms with Crippen molar-refractivity contribution in [2.24, 2.45) is 5.73 Å². The lowest BCUT2D eigenvalue weighted by atomic mass is 10.0. The summed E-state index contributed by atoms with van der Waals surface area (Å²) in [4.78, 5) is 12.3. The van der Waals surface area contributed by atoms with E-state index in [2.05, 4.69) is 28.8 Å². The van der Waals surface area contributed by atoms with Crippen LogP contribution in [-0.4, -0.2) is 17.6 Å². The molecule has 6 rings (SSSR count). The first-order chi connectivity index (χ1) is 18.6. The molecular formula is C33H25N2O3. The first kappa shape index (κ1) is 23.4. The summed E-state index contributed by atoms with van der Waals surface area (Å²) in [5.74, 6) is 1.92. The van der Waals surface area contributed by atoms with Gasteiger partial charge in [0.25, 0.3) is 0 Å². The van der Waals surface area contributed by atoms with Crippen LogP contribution in [0.2, 0.25) is 0 Å². The van der Waals surface area contributed by atoms with Crippen LogP contribution in [0.15, 0.2) is 109 Å². The Balaban J connectivity index is 1.44. The van der Waals surface area contributed by atoms with E-state index in [0.29, 0.717) is 12.1 Å². The second-order valence-corrected chi connectivity index (χ2v) is 9.09. The summed E-state index contributed by atoms with van der Waals surface area (Å²) in [6, 6.07) is 38.9. The Morgan fingerprint density at radius 3 is 2.21 bits per heavy atom. The van der Waals surface area contributed by atoms with Crippen molar-refractivity contribution in [1.82, 2.24) is 4.57 Å². The summed E-state index contributed by atoms with van der Waals surface area (Å²) in [6.45, 7) is 0.605. The van der Waals surface area contributed by atoms with Crippen molar-refractivity contribution in [3.63, 3.8) is 0 Å². The molecule has 0 saturated carbocycles. The molecular weight excluding hydrogens is 472 g/mol. The van der Waals surface area contributed by atoms with Crippen molar-refractivity contribution in [2.75, 3.05) is 7.11 Å². The van der Waals surface area contributed by atoms with Crippen molar-refractivity contribution in [3.8, 4) is 28.4 Å². The number of carbonyl (C=O) groups is 1. The van der Waals surface area contributed by atoms with Gasteiger partial charge in [-0.2, -0.15) is 0 Å². The molecule has 5 aromatic carbocycles. The van der Waals surface area contributed by atoms with Crippen LogP contribution < -0.4 is 15.2 Å². The number of fused-ring (bicyclic) bond motifs is 3. The van der Waals surface area contributed by atoms with E-state index in [9.17, 15) is 4.79 Å². The molecule has 0 unspecified atom stereocenters. The van der Waals surface area contributed by atoms with Crippen LogP contribution in [0.1, 0.15) is 15.9 Å². The molecule has 5 nitrogen and oxygen atoms in total. The molecule has 0 aliphatic heterocycles. The highest BCUT2D eigenvalue weighted by atomic mass is 16.5. The topological polar surface area (TPSA) is 66.5 Å². The second-order valence-electron chi connectivity index (χ2n) is 9.09. The number of rotatable bonds is 7. The number of methoxy groups -OCH3 is 1. The second kappa shape index (κ2) is 9.79. The van der Waals surface area contributed by atoms with Crippen LogP contribution in [-0.2, 0) is 6.54 Å². The fourth-order valence-electron chi connectivity index (χ4n) is 4.85. The Morgan fingerprint density at radius 2 is 1.50 bits per heavy atom. The third-order valence-corrected chi connectivity index (χ3v) is 6.73. The van der Waals surface area contributed by atoms with E-state index >= 15 is 0 Å². The van der Waals surface area contributed by atoms with Gasteiger partial charge in [0.2, 0.25) is 5.91 Å². The molecule has 0 spiro atoms. The van der Waals surface area contributed by atoms with Crippen molar-refractivity contribution >= 4 is 27.7 Å². The van der Waals surface area contributed by atoms with Gasteiger partial charge in [0.15, 0.2) is 0 Å². The van der Waals surface area contributed by atoms with Gasteiger partial charge >= 0.3 is 0 Å². The van der Waals surface area contributed by atoms with E-state index in [0.717, 1.165) is 55.7 Å². The third-order valence-electron chi connectivity index (χ3n) is 6.73. The van der Waals surface area contributed by atoms with Gasteiger partial charge in [0, 0.05) is 22.9 Å². The van der Waals surface area contributed by atoms with Gasteiger partial charge in [-0.05, 0) is 83.4 Å². The maximum Gasteiger partial charge on any atom is 0.249 e. The fourth-order valence-corrected chi connectivity index (χ4v) is 4.85. The van der Waals surface area contributed by atoms with Crippen LogP contribution in [0.25, 0.3) is 32.9 Å². The highest BCUT2D eigenvalue weighted by molar-refractivity contribution is 6.18. The number of nitrogens with zero attached hydrogens (tertiary/aromatic N) is 1. The monoisotopic (exact) mass is 497 g/mol. The Bertz CT molecular complexity index is 1750. The lowest BCUT2D eigenvalue weighted by Gasteiger charge is -2.11. The SMILES string of the molecule is COc1ccc(-c2c[c]c3c4c(C(N)=O)cccc4n(Cc4ccc(Oc5ccccc5)cc4)c3c2)cc1. The van der Waals surface area contributed by atoms with Gasteiger partial charge in [-0.15, -0.1) is 0 Å². The number of hydrogen-bond acceptors (Lipinski definition) is 3. The number of ether oxygens (including phenoxy) is 2. The van der Waals surface area contributed by atoms with Crippen LogP contribution >= 0.6 is 0 Å². The number of amides is 1. The molecule has 1 aromatic heterocycles. The molecule has 0 bridgehead atoms. The van der Waals surface area contributed by atoms with E-state index in [-0.39, 0.29) is 0 Å². The van der Waals surface area contributed by atoms with Gasteiger partial charge in [0.05, 0.1) is 18.1 Å². The highest BCUT2D eigenvalue weighted by Gasteiger charge is 2.17. The first-order valence-electron chi connectivity index (χ1n) is 12.3. The Kier molecular flexibility index (Phi) is 6.02.